The Bertz CT molecular complexity index is 435. The van der Waals surface area contributed by atoms with Gasteiger partial charge in [-0.3, -0.25) is 4.79 Å². The lowest BCUT2D eigenvalue weighted by atomic mass is 10.1. The average molecular weight is 287 g/mol. The summed E-state index contributed by atoms with van der Waals surface area (Å²) in [4.78, 5) is 11.9. The molecular formula is C13H16Cl2N2O. The minimum Gasteiger partial charge on any atom is -0.397 e. The van der Waals surface area contributed by atoms with Crippen molar-refractivity contribution in [2.24, 2.45) is 5.92 Å². The Balaban J connectivity index is 1.87. The lowest BCUT2D eigenvalue weighted by Gasteiger charge is -2.07. The number of carbonyl (C=O) groups is 1. The van der Waals surface area contributed by atoms with Crippen molar-refractivity contribution in [1.29, 1.82) is 0 Å². The maximum absolute atomic E-state index is 11.9. The summed E-state index contributed by atoms with van der Waals surface area (Å²) in [5.74, 6) is 0.735. The first-order valence-corrected chi connectivity index (χ1v) is 6.86. The van der Waals surface area contributed by atoms with E-state index in [1.807, 2.05) is 0 Å². The summed E-state index contributed by atoms with van der Waals surface area (Å²) in [6.45, 7) is 0.690. The van der Waals surface area contributed by atoms with Gasteiger partial charge in [-0.1, -0.05) is 36.0 Å². The van der Waals surface area contributed by atoms with Crippen LogP contribution in [0.2, 0.25) is 10.0 Å². The van der Waals surface area contributed by atoms with E-state index in [0.29, 0.717) is 27.8 Å². The molecule has 0 spiro atoms. The van der Waals surface area contributed by atoms with Gasteiger partial charge in [-0.2, -0.15) is 0 Å². The number of benzene rings is 1. The molecule has 0 unspecified atom stereocenters. The van der Waals surface area contributed by atoms with Crippen molar-refractivity contribution >= 4 is 34.8 Å². The third-order valence-electron chi connectivity index (χ3n) is 3.09. The molecule has 18 heavy (non-hydrogen) atoms. The van der Waals surface area contributed by atoms with Gasteiger partial charge in [0.1, 0.15) is 0 Å². The number of nitrogens with one attached hydrogen (secondary N) is 1. The van der Waals surface area contributed by atoms with E-state index in [1.165, 1.54) is 25.3 Å². The normalized spacial score (nSPS) is 14.6. The van der Waals surface area contributed by atoms with Crippen LogP contribution in [-0.2, 0) is 0 Å². The highest BCUT2D eigenvalue weighted by atomic mass is 35.5. The molecule has 0 saturated heterocycles. The number of carbonyl (C=O) groups excluding carboxylic acids is 1. The Morgan fingerprint density at radius 3 is 2.72 bits per heavy atom. The first-order valence-electron chi connectivity index (χ1n) is 6.10. The van der Waals surface area contributed by atoms with Gasteiger partial charge in [-0.05, 0) is 30.9 Å². The zero-order chi connectivity index (χ0) is 13.1. The number of nitrogen functional groups attached to an aromatic ring is 1. The van der Waals surface area contributed by atoms with Gasteiger partial charge in [0.2, 0.25) is 0 Å². The molecule has 0 heterocycles. The van der Waals surface area contributed by atoms with Gasteiger partial charge in [0.05, 0.1) is 15.7 Å². The van der Waals surface area contributed by atoms with Crippen LogP contribution in [-0.4, -0.2) is 12.5 Å². The van der Waals surface area contributed by atoms with Crippen molar-refractivity contribution in [2.45, 2.75) is 25.7 Å². The fourth-order valence-corrected chi connectivity index (χ4v) is 2.18. The smallest absolute Gasteiger partial charge is 0.251 e. The summed E-state index contributed by atoms with van der Waals surface area (Å²) in [7, 11) is 0. The number of nitrogens with two attached hydrogens (primary N) is 1. The molecule has 1 amide bonds. The van der Waals surface area contributed by atoms with Crippen LogP contribution in [0.5, 0.6) is 0 Å². The number of hydrogen-bond donors (Lipinski definition) is 2. The van der Waals surface area contributed by atoms with E-state index >= 15 is 0 Å². The van der Waals surface area contributed by atoms with Crippen molar-refractivity contribution in [3.63, 3.8) is 0 Å². The van der Waals surface area contributed by atoms with Crippen molar-refractivity contribution in [1.82, 2.24) is 5.32 Å². The van der Waals surface area contributed by atoms with Crippen LogP contribution in [0.25, 0.3) is 0 Å². The van der Waals surface area contributed by atoms with Crippen LogP contribution in [0, 0.1) is 5.92 Å². The monoisotopic (exact) mass is 286 g/mol. The number of anilines is 1. The summed E-state index contributed by atoms with van der Waals surface area (Å²) in [5.41, 5.74) is 6.44. The van der Waals surface area contributed by atoms with E-state index in [4.69, 9.17) is 28.9 Å². The van der Waals surface area contributed by atoms with Crippen molar-refractivity contribution < 1.29 is 4.79 Å². The first-order chi connectivity index (χ1) is 8.58. The second kappa shape index (κ2) is 5.81. The fraction of sp³-hybridized carbons (Fsp3) is 0.462. The van der Waals surface area contributed by atoms with E-state index in [0.717, 1.165) is 12.3 Å². The molecule has 3 nitrogen and oxygen atoms in total. The van der Waals surface area contributed by atoms with Crippen molar-refractivity contribution in [2.75, 3.05) is 12.3 Å². The summed E-state index contributed by atoms with van der Waals surface area (Å²) in [5, 5.41) is 3.46. The van der Waals surface area contributed by atoms with Crippen LogP contribution < -0.4 is 11.1 Å². The number of halogens is 2. The second-order valence-electron chi connectivity index (χ2n) is 4.70. The molecule has 3 N–H and O–H groups in total. The lowest BCUT2D eigenvalue weighted by molar-refractivity contribution is 0.0953. The Morgan fingerprint density at radius 2 is 2.11 bits per heavy atom. The molecule has 0 aliphatic heterocycles. The molecule has 0 radical (unpaired) electrons. The van der Waals surface area contributed by atoms with Gasteiger partial charge in [0.15, 0.2) is 0 Å². The highest BCUT2D eigenvalue weighted by Crippen LogP contribution is 2.33. The molecule has 0 aromatic heterocycles. The van der Waals surface area contributed by atoms with Crippen LogP contribution in [0.3, 0.4) is 0 Å². The SMILES string of the molecule is Nc1cc(C(=O)NCCCC2CC2)cc(Cl)c1Cl. The largest absolute Gasteiger partial charge is 0.397 e. The molecule has 2 rings (SSSR count). The molecule has 1 aromatic carbocycles. The van der Waals surface area contributed by atoms with E-state index in [2.05, 4.69) is 5.32 Å². The molecule has 5 heteroatoms. The second-order valence-corrected chi connectivity index (χ2v) is 5.49. The summed E-state index contributed by atoms with van der Waals surface area (Å²) in [6.07, 6.45) is 4.91. The standard InChI is InChI=1S/C13H16Cl2N2O/c14-10-6-9(7-11(16)12(10)15)13(18)17-5-1-2-8-3-4-8/h6-8H,1-5,16H2,(H,17,18). The molecule has 0 atom stereocenters. The molecule has 1 saturated carbocycles. The predicted molar refractivity (Wildman–Crippen MR) is 75.2 cm³/mol. The number of rotatable bonds is 5. The van der Waals surface area contributed by atoms with Gasteiger partial charge in [0, 0.05) is 12.1 Å². The summed E-state index contributed by atoms with van der Waals surface area (Å²) < 4.78 is 0. The Morgan fingerprint density at radius 1 is 1.39 bits per heavy atom. The maximum atomic E-state index is 11.9. The summed E-state index contributed by atoms with van der Waals surface area (Å²) in [6, 6.07) is 3.08. The number of amides is 1. The maximum Gasteiger partial charge on any atom is 0.251 e. The average Bonchev–Trinajstić information content (AvgIpc) is 3.14. The fourth-order valence-electron chi connectivity index (χ4n) is 1.84. The van der Waals surface area contributed by atoms with Crippen molar-refractivity contribution in [3.05, 3.63) is 27.7 Å². The van der Waals surface area contributed by atoms with Crippen LogP contribution >= 0.6 is 23.2 Å². The molecule has 98 valence electrons. The summed E-state index contributed by atoms with van der Waals surface area (Å²) >= 11 is 11.7. The quantitative estimate of drug-likeness (QED) is 0.643. The van der Waals surface area contributed by atoms with E-state index in [9.17, 15) is 4.79 Å². The van der Waals surface area contributed by atoms with Gasteiger partial charge < -0.3 is 11.1 Å². The topological polar surface area (TPSA) is 55.1 Å². The van der Waals surface area contributed by atoms with Crippen LogP contribution in [0.1, 0.15) is 36.0 Å². The van der Waals surface area contributed by atoms with Gasteiger partial charge in [0.25, 0.3) is 5.91 Å². The molecule has 1 aliphatic carbocycles. The highest BCUT2D eigenvalue weighted by Gasteiger charge is 2.20. The van der Waals surface area contributed by atoms with Crippen LogP contribution in [0.15, 0.2) is 12.1 Å². The third-order valence-corrected chi connectivity index (χ3v) is 3.91. The first kappa shape index (κ1) is 13.5. The van der Waals surface area contributed by atoms with E-state index in [-0.39, 0.29) is 5.91 Å². The molecule has 1 aliphatic rings. The Kier molecular flexibility index (Phi) is 4.36. The highest BCUT2D eigenvalue weighted by molar-refractivity contribution is 6.43. The minimum absolute atomic E-state index is 0.156. The predicted octanol–water partition coefficient (Wildman–Crippen LogP) is 3.50. The molecule has 0 bridgehead atoms. The van der Waals surface area contributed by atoms with Gasteiger partial charge in [-0.15, -0.1) is 0 Å². The zero-order valence-electron chi connectivity index (χ0n) is 10.0. The Hall–Kier alpha value is -0.930. The van der Waals surface area contributed by atoms with Gasteiger partial charge in [-0.25, -0.2) is 0 Å². The Labute approximate surface area is 117 Å². The number of hydrogen-bond acceptors (Lipinski definition) is 2. The zero-order valence-corrected chi connectivity index (χ0v) is 11.5. The molecule has 1 fully saturated rings. The van der Waals surface area contributed by atoms with E-state index in [1.54, 1.807) is 6.07 Å². The third kappa shape index (κ3) is 3.53. The molecule has 1 aromatic rings. The van der Waals surface area contributed by atoms with Crippen LogP contribution in [0.4, 0.5) is 5.69 Å². The molecular weight excluding hydrogens is 271 g/mol. The van der Waals surface area contributed by atoms with Crippen molar-refractivity contribution in [3.8, 4) is 0 Å². The van der Waals surface area contributed by atoms with E-state index < -0.39 is 0 Å². The lowest BCUT2D eigenvalue weighted by Crippen LogP contribution is -2.24. The minimum atomic E-state index is -0.156. The van der Waals surface area contributed by atoms with Gasteiger partial charge >= 0.3 is 0 Å².